The van der Waals surface area contributed by atoms with Crippen LogP contribution in [0, 0.1) is 0 Å². The Kier molecular flexibility index (Phi) is 2.54. The summed E-state index contributed by atoms with van der Waals surface area (Å²) in [6.45, 7) is 0. The number of rotatable bonds is 1. The lowest BCUT2D eigenvalue weighted by atomic mass is 10.0. The van der Waals surface area contributed by atoms with Crippen LogP contribution in [0.4, 0.5) is 0 Å². The lowest BCUT2D eigenvalue weighted by Crippen LogP contribution is -1.81. The van der Waals surface area contributed by atoms with E-state index < -0.39 is 0 Å². The van der Waals surface area contributed by atoms with E-state index in [-0.39, 0.29) is 0 Å². The molecule has 0 amide bonds. The van der Waals surface area contributed by atoms with Gasteiger partial charge in [-0.25, -0.2) is 4.98 Å². The second kappa shape index (κ2) is 4.19. The van der Waals surface area contributed by atoms with Crippen molar-refractivity contribution in [2.75, 3.05) is 0 Å². The average Bonchev–Trinajstić information content (AvgIpc) is 2.40. The molecule has 0 bridgehead atoms. The summed E-state index contributed by atoms with van der Waals surface area (Å²) in [5.41, 5.74) is 2.35. The number of nitrogens with zero attached hydrogens (tertiary/aromatic N) is 1. The molecule has 1 nitrogen and oxygen atoms in total. The number of hydrogen-bond donors (Lipinski definition) is 0. The van der Waals surface area contributed by atoms with Crippen molar-refractivity contribution in [1.82, 2.24) is 4.98 Å². The fraction of sp³-hybridized carbons (Fsp3) is 0. The molecule has 0 aliphatic heterocycles. The first-order valence-corrected chi connectivity index (χ1v) is 5.82. The highest BCUT2D eigenvalue weighted by Crippen LogP contribution is 2.27. The van der Waals surface area contributed by atoms with Crippen LogP contribution in [0.5, 0.6) is 0 Å². The summed E-state index contributed by atoms with van der Waals surface area (Å²) < 4.78 is 0. The van der Waals surface area contributed by atoms with Gasteiger partial charge < -0.3 is 0 Å². The van der Waals surface area contributed by atoms with Crippen molar-refractivity contribution in [3.63, 3.8) is 0 Å². The second-order valence-electron chi connectivity index (χ2n) is 3.90. The van der Waals surface area contributed by atoms with Gasteiger partial charge in [0.1, 0.15) is 5.15 Å². The van der Waals surface area contributed by atoms with Crippen molar-refractivity contribution in [2.45, 2.75) is 0 Å². The van der Waals surface area contributed by atoms with Gasteiger partial charge in [0, 0.05) is 11.6 Å². The van der Waals surface area contributed by atoms with Gasteiger partial charge in [0.05, 0.1) is 0 Å². The third-order valence-corrected chi connectivity index (χ3v) is 3.13. The molecule has 82 valence electrons. The van der Waals surface area contributed by atoms with Crippen LogP contribution in [-0.4, -0.2) is 4.98 Å². The Morgan fingerprint density at radius 1 is 0.824 bits per heavy atom. The van der Waals surface area contributed by atoms with Crippen molar-refractivity contribution in [3.05, 3.63) is 65.9 Å². The zero-order valence-corrected chi connectivity index (χ0v) is 9.85. The van der Waals surface area contributed by atoms with Gasteiger partial charge in [-0.05, 0) is 28.6 Å². The maximum atomic E-state index is 6.11. The van der Waals surface area contributed by atoms with Gasteiger partial charge in [0.15, 0.2) is 0 Å². The molecule has 0 radical (unpaired) electrons. The SMILES string of the molecule is Clc1nccc2ccc(-c3ccccc3)cc12. The molecule has 0 saturated carbocycles. The molecule has 3 rings (SSSR count). The number of hydrogen-bond acceptors (Lipinski definition) is 1. The molecule has 17 heavy (non-hydrogen) atoms. The summed E-state index contributed by atoms with van der Waals surface area (Å²) in [4.78, 5) is 4.11. The number of halogens is 1. The Morgan fingerprint density at radius 2 is 1.65 bits per heavy atom. The molecule has 0 spiro atoms. The smallest absolute Gasteiger partial charge is 0.136 e. The minimum Gasteiger partial charge on any atom is -0.244 e. The summed E-state index contributed by atoms with van der Waals surface area (Å²) in [6.07, 6.45) is 1.73. The summed E-state index contributed by atoms with van der Waals surface area (Å²) in [5.74, 6) is 0. The average molecular weight is 240 g/mol. The van der Waals surface area contributed by atoms with E-state index in [0.29, 0.717) is 5.15 Å². The van der Waals surface area contributed by atoms with Crippen LogP contribution in [0.1, 0.15) is 0 Å². The topological polar surface area (TPSA) is 12.9 Å². The Morgan fingerprint density at radius 3 is 2.47 bits per heavy atom. The van der Waals surface area contributed by atoms with Crippen molar-refractivity contribution in [2.24, 2.45) is 0 Å². The Hall–Kier alpha value is -1.86. The monoisotopic (exact) mass is 239 g/mol. The normalized spacial score (nSPS) is 10.6. The van der Waals surface area contributed by atoms with Crippen LogP contribution in [-0.2, 0) is 0 Å². The molecule has 0 aliphatic rings. The molecule has 3 aromatic rings. The lowest BCUT2D eigenvalue weighted by Gasteiger charge is -2.04. The van der Waals surface area contributed by atoms with E-state index in [1.54, 1.807) is 6.20 Å². The van der Waals surface area contributed by atoms with Gasteiger partial charge >= 0.3 is 0 Å². The largest absolute Gasteiger partial charge is 0.244 e. The van der Waals surface area contributed by atoms with Gasteiger partial charge in [-0.15, -0.1) is 0 Å². The van der Waals surface area contributed by atoms with Crippen LogP contribution in [0.25, 0.3) is 21.9 Å². The first-order chi connectivity index (χ1) is 8.34. The summed E-state index contributed by atoms with van der Waals surface area (Å²) in [7, 11) is 0. The van der Waals surface area contributed by atoms with Gasteiger partial charge in [-0.3, -0.25) is 0 Å². The third-order valence-electron chi connectivity index (χ3n) is 2.82. The van der Waals surface area contributed by atoms with Gasteiger partial charge in [-0.1, -0.05) is 54.1 Å². The molecule has 0 unspecified atom stereocenters. The predicted octanol–water partition coefficient (Wildman–Crippen LogP) is 4.56. The first-order valence-electron chi connectivity index (χ1n) is 5.44. The zero-order valence-electron chi connectivity index (χ0n) is 9.10. The fourth-order valence-electron chi connectivity index (χ4n) is 1.94. The maximum absolute atomic E-state index is 6.11. The molecule has 0 fully saturated rings. The zero-order chi connectivity index (χ0) is 11.7. The van der Waals surface area contributed by atoms with Gasteiger partial charge in [-0.2, -0.15) is 0 Å². The van der Waals surface area contributed by atoms with E-state index in [4.69, 9.17) is 11.6 Å². The molecule has 2 heteroatoms. The standard InChI is InChI=1S/C15H10ClN/c16-15-14-10-13(11-4-2-1-3-5-11)7-6-12(14)8-9-17-15/h1-10H. The molecular weight excluding hydrogens is 230 g/mol. The molecule has 0 N–H and O–H groups in total. The van der Waals surface area contributed by atoms with Crippen molar-refractivity contribution >= 4 is 22.4 Å². The minimum atomic E-state index is 0.556. The summed E-state index contributed by atoms with van der Waals surface area (Å²) in [6, 6.07) is 18.5. The molecular formula is C15H10ClN. The Balaban J connectivity index is 2.23. The molecule has 2 aromatic carbocycles. The van der Waals surface area contributed by atoms with Crippen LogP contribution >= 0.6 is 11.6 Å². The van der Waals surface area contributed by atoms with Crippen LogP contribution in [0.15, 0.2) is 60.8 Å². The number of fused-ring (bicyclic) bond motifs is 1. The van der Waals surface area contributed by atoms with Crippen molar-refractivity contribution in [1.29, 1.82) is 0 Å². The summed E-state index contributed by atoms with van der Waals surface area (Å²) in [5, 5.41) is 2.67. The van der Waals surface area contributed by atoms with E-state index >= 15 is 0 Å². The third kappa shape index (κ3) is 1.90. The molecule has 0 saturated heterocycles. The van der Waals surface area contributed by atoms with E-state index in [9.17, 15) is 0 Å². The Bertz CT molecular complexity index is 662. The van der Waals surface area contributed by atoms with Crippen LogP contribution < -0.4 is 0 Å². The van der Waals surface area contributed by atoms with E-state index in [1.807, 2.05) is 24.3 Å². The molecule has 1 heterocycles. The number of benzene rings is 2. The highest BCUT2D eigenvalue weighted by atomic mass is 35.5. The van der Waals surface area contributed by atoms with E-state index in [2.05, 4.69) is 35.3 Å². The summed E-state index contributed by atoms with van der Waals surface area (Å²) >= 11 is 6.11. The first kappa shape index (κ1) is 10.3. The minimum absolute atomic E-state index is 0.556. The van der Waals surface area contributed by atoms with E-state index in [0.717, 1.165) is 16.3 Å². The molecule has 0 aliphatic carbocycles. The van der Waals surface area contributed by atoms with Gasteiger partial charge in [0.2, 0.25) is 0 Å². The number of aromatic nitrogens is 1. The van der Waals surface area contributed by atoms with Crippen molar-refractivity contribution < 1.29 is 0 Å². The lowest BCUT2D eigenvalue weighted by molar-refractivity contribution is 1.36. The maximum Gasteiger partial charge on any atom is 0.136 e. The second-order valence-corrected chi connectivity index (χ2v) is 4.26. The highest BCUT2D eigenvalue weighted by molar-refractivity contribution is 6.34. The van der Waals surface area contributed by atoms with Gasteiger partial charge in [0.25, 0.3) is 0 Å². The van der Waals surface area contributed by atoms with Crippen molar-refractivity contribution in [3.8, 4) is 11.1 Å². The predicted molar refractivity (Wildman–Crippen MR) is 72.2 cm³/mol. The fourth-order valence-corrected chi connectivity index (χ4v) is 2.16. The molecule has 0 atom stereocenters. The van der Waals surface area contributed by atoms with Crippen LogP contribution in [0.2, 0.25) is 5.15 Å². The van der Waals surface area contributed by atoms with Crippen LogP contribution in [0.3, 0.4) is 0 Å². The molecule has 1 aromatic heterocycles. The number of pyridine rings is 1. The van der Waals surface area contributed by atoms with E-state index in [1.165, 1.54) is 5.56 Å². The highest BCUT2D eigenvalue weighted by Gasteiger charge is 2.02. The quantitative estimate of drug-likeness (QED) is 0.568. The Labute approximate surface area is 105 Å².